The standard InChI is InChI=1S/C9H15N3O3/c1-4-15-10-5-7-6-11(2)9(14)12(3)8(7)13/h6,10H,4-5H2,1-3H3. The van der Waals surface area contributed by atoms with Gasteiger partial charge in [-0.1, -0.05) is 0 Å². The van der Waals surface area contributed by atoms with Crippen LogP contribution in [0.5, 0.6) is 0 Å². The Labute approximate surface area is 87.1 Å². The minimum atomic E-state index is -0.333. The van der Waals surface area contributed by atoms with E-state index in [0.29, 0.717) is 12.2 Å². The molecule has 0 spiro atoms. The quantitative estimate of drug-likeness (QED) is 0.521. The van der Waals surface area contributed by atoms with Crippen molar-refractivity contribution in [2.45, 2.75) is 13.5 Å². The monoisotopic (exact) mass is 213 g/mol. The van der Waals surface area contributed by atoms with Gasteiger partial charge in [-0.15, -0.1) is 0 Å². The summed E-state index contributed by atoms with van der Waals surface area (Å²) in [6.45, 7) is 2.65. The summed E-state index contributed by atoms with van der Waals surface area (Å²) in [4.78, 5) is 27.9. The van der Waals surface area contributed by atoms with E-state index < -0.39 is 0 Å². The first-order valence-electron chi connectivity index (χ1n) is 4.68. The van der Waals surface area contributed by atoms with Gasteiger partial charge in [0.05, 0.1) is 18.7 Å². The Balaban J connectivity index is 3.00. The molecule has 0 aliphatic carbocycles. The van der Waals surface area contributed by atoms with Crippen molar-refractivity contribution in [3.05, 3.63) is 32.6 Å². The normalized spacial score (nSPS) is 10.6. The van der Waals surface area contributed by atoms with Crippen molar-refractivity contribution < 1.29 is 4.84 Å². The van der Waals surface area contributed by atoms with Crippen LogP contribution < -0.4 is 16.7 Å². The predicted octanol–water partition coefficient (Wildman–Crippen LogP) is -0.875. The molecule has 0 bridgehead atoms. The number of aryl methyl sites for hydroxylation is 1. The van der Waals surface area contributed by atoms with E-state index in [1.165, 1.54) is 17.8 Å². The van der Waals surface area contributed by atoms with Crippen molar-refractivity contribution in [2.75, 3.05) is 6.61 Å². The number of hydrogen-bond donors (Lipinski definition) is 1. The van der Waals surface area contributed by atoms with E-state index in [2.05, 4.69) is 5.48 Å². The first-order valence-corrected chi connectivity index (χ1v) is 4.68. The number of aromatic nitrogens is 2. The molecule has 0 unspecified atom stereocenters. The van der Waals surface area contributed by atoms with Crippen LogP contribution >= 0.6 is 0 Å². The van der Waals surface area contributed by atoms with Gasteiger partial charge in [0.1, 0.15) is 0 Å². The van der Waals surface area contributed by atoms with Gasteiger partial charge in [-0.05, 0) is 6.92 Å². The van der Waals surface area contributed by atoms with Crippen molar-refractivity contribution in [2.24, 2.45) is 14.1 Å². The highest BCUT2D eigenvalue weighted by Gasteiger charge is 2.05. The minimum absolute atomic E-state index is 0.286. The van der Waals surface area contributed by atoms with Crippen LogP contribution in [-0.2, 0) is 25.5 Å². The van der Waals surface area contributed by atoms with Gasteiger partial charge in [-0.2, -0.15) is 5.48 Å². The molecular weight excluding hydrogens is 198 g/mol. The lowest BCUT2D eigenvalue weighted by Gasteiger charge is -2.07. The summed E-state index contributed by atoms with van der Waals surface area (Å²) in [5.41, 5.74) is 2.50. The second-order valence-electron chi connectivity index (χ2n) is 3.17. The molecule has 1 heterocycles. The first-order chi connectivity index (χ1) is 7.07. The van der Waals surface area contributed by atoms with E-state index in [1.807, 2.05) is 6.92 Å². The van der Waals surface area contributed by atoms with Crippen LogP contribution in [0.25, 0.3) is 0 Å². The van der Waals surface area contributed by atoms with Crippen LogP contribution in [0.3, 0.4) is 0 Å². The summed E-state index contributed by atoms with van der Waals surface area (Å²) in [7, 11) is 3.06. The molecule has 1 aromatic rings. The molecule has 0 saturated heterocycles. The first kappa shape index (κ1) is 11.7. The number of rotatable bonds is 4. The fourth-order valence-corrected chi connectivity index (χ4v) is 1.24. The maximum Gasteiger partial charge on any atom is 0.330 e. The van der Waals surface area contributed by atoms with E-state index in [4.69, 9.17) is 4.84 Å². The summed E-state index contributed by atoms with van der Waals surface area (Å²) in [6.07, 6.45) is 1.51. The van der Waals surface area contributed by atoms with Crippen LogP contribution in [-0.4, -0.2) is 15.7 Å². The lowest BCUT2D eigenvalue weighted by molar-refractivity contribution is 0.0459. The molecule has 0 amide bonds. The van der Waals surface area contributed by atoms with Crippen molar-refractivity contribution in [3.63, 3.8) is 0 Å². The Kier molecular flexibility index (Phi) is 3.81. The second kappa shape index (κ2) is 4.90. The zero-order chi connectivity index (χ0) is 11.4. The van der Waals surface area contributed by atoms with Crippen LogP contribution in [0, 0.1) is 0 Å². The average Bonchev–Trinajstić information content (AvgIpc) is 2.23. The van der Waals surface area contributed by atoms with Crippen molar-refractivity contribution in [3.8, 4) is 0 Å². The van der Waals surface area contributed by atoms with E-state index in [9.17, 15) is 9.59 Å². The summed E-state index contributed by atoms with van der Waals surface area (Å²) < 4.78 is 2.44. The summed E-state index contributed by atoms with van der Waals surface area (Å²) in [5.74, 6) is 0. The highest BCUT2D eigenvalue weighted by Crippen LogP contribution is 1.86. The molecule has 84 valence electrons. The lowest BCUT2D eigenvalue weighted by atomic mass is 10.3. The Morgan fingerprint density at radius 2 is 2.07 bits per heavy atom. The van der Waals surface area contributed by atoms with Gasteiger partial charge in [-0.25, -0.2) is 4.79 Å². The Morgan fingerprint density at radius 3 is 2.67 bits per heavy atom. The van der Waals surface area contributed by atoms with Crippen LogP contribution in [0.4, 0.5) is 0 Å². The summed E-state index contributed by atoms with van der Waals surface area (Å²) in [6, 6.07) is 0. The molecule has 6 nitrogen and oxygen atoms in total. The topological polar surface area (TPSA) is 65.3 Å². The van der Waals surface area contributed by atoms with Gasteiger partial charge in [0.2, 0.25) is 0 Å². The molecule has 1 rings (SSSR count). The van der Waals surface area contributed by atoms with Crippen molar-refractivity contribution in [1.29, 1.82) is 0 Å². The third-order valence-electron chi connectivity index (χ3n) is 2.03. The number of hydroxylamine groups is 1. The Hall–Kier alpha value is -1.40. The maximum atomic E-state index is 11.6. The van der Waals surface area contributed by atoms with Gasteiger partial charge < -0.3 is 9.40 Å². The van der Waals surface area contributed by atoms with Gasteiger partial charge >= 0.3 is 5.69 Å². The molecule has 6 heteroatoms. The highest BCUT2D eigenvalue weighted by atomic mass is 16.6. The zero-order valence-electron chi connectivity index (χ0n) is 9.11. The second-order valence-corrected chi connectivity index (χ2v) is 3.17. The molecular formula is C9H15N3O3. The van der Waals surface area contributed by atoms with Crippen molar-refractivity contribution >= 4 is 0 Å². The molecule has 1 N–H and O–H groups in total. The fraction of sp³-hybridized carbons (Fsp3) is 0.556. The SMILES string of the molecule is CCONCc1cn(C)c(=O)n(C)c1=O. The van der Waals surface area contributed by atoms with Gasteiger partial charge in [-0.3, -0.25) is 9.36 Å². The largest absolute Gasteiger partial charge is 0.330 e. The molecule has 15 heavy (non-hydrogen) atoms. The Morgan fingerprint density at radius 1 is 1.40 bits per heavy atom. The molecule has 0 aliphatic rings. The smallest absolute Gasteiger partial charge is 0.303 e. The average molecular weight is 213 g/mol. The predicted molar refractivity (Wildman–Crippen MR) is 55.4 cm³/mol. The molecule has 0 atom stereocenters. The third kappa shape index (κ3) is 2.54. The van der Waals surface area contributed by atoms with Crippen LogP contribution in [0.1, 0.15) is 12.5 Å². The van der Waals surface area contributed by atoms with Crippen LogP contribution in [0.15, 0.2) is 15.8 Å². The molecule has 0 aliphatic heterocycles. The summed E-state index contributed by atoms with van der Waals surface area (Å²) in [5, 5.41) is 0. The molecule has 0 aromatic carbocycles. The number of nitrogens with zero attached hydrogens (tertiary/aromatic N) is 2. The highest BCUT2D eigenvalue weighted by molar-refractivity contribution is 5.04. The van der Waals surface area contributed by atoms with E-state index in [1.54, 1.807) is 7.05 Å². The molecule has 0 fully saturated rings. The molecule has 0 saturated carbocycles. The van der Waals surface area contributed by atoms with Gasteiger partial charge in [0.15, 0.2) is 0 Å². The fourth-order valence-electron chi connectivity index (χ4n) is 1.24. The Bertz CT molecular complexity index is 447. The van der Waals surface area contributed by atoms with Gasteiger partial charge in [0, 0.05) is 20.3 Å². The van der Waals surface area contributed by atoms with Gasteiger partial charge in [0.25, 0.3) is 5.56 Å². The van der Waals surface area contributed by atoms with E-state index in [0.717, 1.165) is 4.57 Å². The van der Waals surface area contributed by atoms with E-state index in [-0.39, 0.29) is 17.8 Å². The van der Waals surface area contributed by atoms with E-state index >= 15 is 0 Å². The molecule has 1 aromatic heterocycles. The summed E-state index contributed by atoms with van der Waals surface area (Å²) >= 11 is 0. The maximum absolute atomic E-state index is 11.6. The third-order valence-corrected chi connectivity index (χ3v) is 2.03. The molecule has 0 radical (unpaired) electrons. The minimum Gasteiger partial charge on any atom is -0.303 e. The van der Waals surface area contributed by atoms with Crippen molar-refractivity contribution in [1.82, 2.24) is 14.6 Å². The zero-order valence-corrected chi connectivity index (χ0v) is 9.11. The lowest BCUT2D eigenvalue weighted by Crippen LogP contribution is -2.39. The van der Waals surface area contributed by atoms with Crippen LogP contribution in [0.2, 0.25) is 0 Å². The number of hydrogen-bond acceptors (Lipinski definition) is 4. The number of nitrogens with one attached hydrogen (secondary N) is 1.